The zero-order chi connectivity index (χ0) is 12.0. The molecule has 0 radical (unpaired) electrons. The van der Waals surface area contributed by atoms with Crippen LogP contribution in [0.3, 0.4) is 0 Å². The average molecular weight is 224 g/mol. The zero-order valence-electron chi connectivity index (χ0n) is 8.75. The summed E-state index contributed by atoms with van der Waals surface area (Å²) in [5.41, 5.74) is 0.659. The minimum atomic E-state index is -1.06. The molecular weight excluding hydrogens is 212 g/mol. The van der Waals surface area contributed by atoms with E-state index in [0.29, 0.717) is 5.69 Å². The highest BCUT2D eigenvalue weighted by molar-refractivity contribution is 5.79. The van der Waals surface area contributed by atoms with Crippen LogP contribution in [0.25, 0.3) is 0 Å². The third kappa shape index (κ3) is 3.91. The average Bonchev–Trinajstić information content (AvgIpc) is 2.26. The number of aromatic nitrogens is 2. The highest BCUT2D eigenvalue weighted by Gasteiger charge is 2.11. The molecule has 2 N–H and O–H groups in total. The summed E-state index contributed by atoms with van der Waals surface area (Å²) >= 11 is 0. The van der Waals surface area contributed by atoms with Gasteiger partial charge in [0.05, 0.1) is 12.2 Å². The lowest BCUT2D eigenvalue weighted by atomic mass is 10.4. The molecule has 7 nitrogen and oxygen atoms in total. The molecule has 0 aromatic carbocycles. The molecule has 0 saturated heterocycles. The van der Waals surface area contributed by atoms with E-state index in [1.54, 1.807) is 12.3 Å². The summed E-state index contributed by atoms with van der Waals surface area (Å²) in [5, 5.41) is 11.0. The first-order valence-corrected chi connectivity index (χ1v) is 4.55. The van der Waals surface area contributed by atoms with Crippen LogP contribution in [-0.4, -0.2) is 45.6 Å². The van der Waals surface area contributed by atoms with E-state index in [0.717, 1.165) is 4.90 Å². The van der Waals surface area contributed by atoms with Crippen molar-refractivity contribution in [3.8, 4) is 0 Å². The SMILES string of the molecule is CN(CC(=O)O)C(=O)NCc1ccncn1. The van der Waals surface area contributed by atoms with Crippen molar-refractivity contribution in [1.82, 2.24) is 20.2 Å². The van der Waals surface area contributed by atoms with Gasteiger partial charge in [0.2, 0.25) is 0 Å². The Bertz CT molecular complexity index is 368. The van der Waals surface area contributed by atoms with Crippen LogP contribution < -0.4 is 5.32 Å². The number of carboxylic acids is 1. The Morgan fingerprint density at radius 1 is 1.56 bits per heavy atom. The lowest BCUT2D eigenvalue weighted by Crippen LogP contribution is -2.39. The number of nitrogens with one attached hydrogen (secondary N) is 1. The van der Waals surface area contributed by atoms with Gasteiger partial charge < -0.3 is 15.3 Å². The van der Waals surface area contributed by atoms with Crippen LogP contribution in [0.5, 0.6) is 0 Å². The van der Waals surface area contributed by atoms with Gasteiger partial charge in [-0.3, -0.25) is 4.79 Å². The second-order valence-electron chi connectivity index (χ2n) is 3.11. The number of carbonyl (C=O) groups is 2. The fraction of sp³-hybridized carbons (Fsp3) is 0.333. The molecule has 0 saturated carbocycles. The molecule has 0 bridgehead atoms. The van der Waals surface area contributed by atoms with E-state index in [1.807, 2.05) is 0 Å². The van der Waals surface area contributed by atoms with Gasteiger partial charge in [0.25, 0.3) is 0 Å². The van der Waals surface area contributed by atoms with Crippen LogP contribution in [-0.2, 0) is 11.3 Å². The Morgan fingerprint density at radius 3 is 2.88 bits per heavy atom. The summed E-state index contributed by atoms with van der Waals surface area (Å²) in [6, 6.07) is 1.21. The molecule has 7 heteroatoms. The van der Waals surface area contributed by atoms with E-state index >= 15 is 0 Å². The van der Waals surface area contributed by atoms with Crippen LogP contribution in [0.2, 0.25) is 0 Å². The molecule has 0 spiro atoms. The summed E-state index contributed by atoms with van der Waals surface area (Å²) in [4.78, 5) is 30.4. The van der Waals surface area contributed by atoms with Crippen molar-refractivity contribution < 1.29 is 14.7 Å². The summed E-state index contributed by atoms with van der Waals surface area (Å²) in [5.74, 6) is -1.06. The second-order valence-corrected chi connectivity index (χ2v) is 3.11. The highest BCUT2D eigenvalue weighted by Crippen LogP contribution is 1.91. The molecule has 0 atom stereocenters. The van der Waals surface area contributed by atoms with Crippen molar-refractivity contribution in [1.29, 1.82) is 0 Å². The van der Waals surface area contributed by atoms with Crippen molar-refractivity contribution >= 4 is 12.0 Å². The van der Waals surface area contributed by atoms with Crippen molar-refractivity contribution in [2.24, 2.45) is 0 Å². The fourth-order valence-corrected chi connectivity index (χ4v) is 0.998. The van der Waals surface area contributed by atoms with Crippen molar-refractivity contribution in [3.05, 3.63) is 24.3 Å². The largest absolute Gasteiger partial charge is 0.480 e. The van der Waals surface area contributed by atoms with E-state index in [-0.39, 0.29) is 13.1 Å². The van der Waals surface area contributed by atoms with E-state index in [4.69, 9.17) is 5.11 Å². The Hall–Kier alpha value is -2.18. The molecular formula is C9H12N4O3. The third-order valence-corrected chi connectivity index (χ3v) is 1.78. The lowest BCUT2D eigenvalue weighted by molar-refractivity contribution is -0.137. The Balaban J connectivity index is 2.38. The van der Waals surface area contributed by atoms with Gasteiger partial charge in [0, 0.05) is 13.2 Å². The molecule has 0 aliphatic carbocycles. The molecule has 86 valence electrons. The fourth-order valence-electron chi connectivity index (χ4n) is 0.998. The maximum absolute atomic E-state index is 11.4. The molecule has 0 fully saturated rings. The number of carbonyl (C=O) groups excluding carboxylic acids is 1. The van der Waals surface area contributed by atoms with Gasteiger partial charge in [0.1, 0.15) is 12.9 Å². The normalized spacial score (nSPS) is 9.56. The molecule has 1 aromatic heterocycles. The van der Waals surface area contributed by atoms with E-state index in [1.165, 1.54) is 13.4 Å². The summed E-state index contributed by atoms with van der Waals surface area (Å²) in [7, 11) is 1.41. The first-order valence-electron chi connectivity index (χ1n) is 4.55. The van der Waals surface area contributed by atoms with E-state index < -0.39 is 12.0 Å². The van der Waals surface area contributed by atoms with Gasteiger partial charge in [-0.05, 0) is 6.07 Å². The van der Waals surface area contributed by atoms with Crippen molar-refractivity contribution in [2.45, 2.75) is 6.54 Å². The van der Waals surface area contributed by atoms with Crippen LogP contribution in [0, 0.1) is 0 Å². The minimum absolute atomic E-state index is 0.241. The Kier molecular flexibility index (Phi) is 4.19. The molecule has 0 unspecified atom stereocenters. The van der Waals surface area contributed by atoms with Gasteiger partial charge in [-0.25, -0.2) is 14.8 Å². The van der Waals surface area contributed by atoms with Crippen LogP contribution in [0.1, 0.15) is 5.69 Å². The first-order chi connectivity index (χ1) is 7.59. The van der Waals surface area contributed by atoms with Crippen LogP contribution in [0.15, 0.2) is 18.6 Å². The van der Waals surface area contributed by atoms with Gasteiger partial charge >= 0.3 is 12.0 Å². The molecule has 1 rings (SSSR count). The van der Waals surface area contributed by atoms with Gasteiger partial charge in [-0.1, -0.05) is 0 Å². The monoisotopic (exact) mass is 224 g/mol. The predicted molar refractivity (Wildman–Crippen MR) is 54.5 cm³/mol. The van der Waals surface area contributed by atoms with E-state index in [9.17, 15) is 9.59 Å². The van der Waals surface area contributed by atoms with E-state index in [2.05, 4.69) is 15.3 Å². The third-order valence-electron chi connectivity index (χ3n) is 1.78. The lowest BCUT2D eigenvalue weighted by Gasteiger charge is -2.15. The van der Waals surface area contributed by atoms with Crippen molar-refractivity contribution in [2.75, 3.05) is 13.6 Å². The highest BCUT2D eigenvalue weighted by atomic mass is 16.4. The summed E-state index contributed by atoms with van der Waals surface area (Å²) in [6.45, 7) is -0.0963. The number of urea groups is 1. The number of aliphatic carboxylic acids is 1. The maximum Gasteiger partial charge on any atom is 0.323 e. The van der Waals surface area contributed by atoms with Crippen molar-refractivity contribution in [3.63, 3.8) is 0 Å². The molecule has 1 aromatic rings. The molecule has 2 amide bonds. The Labute approximate surface area is 92.1 Å². The maximum atomic E-state index is 11.4. The molecule has 16 heavy (non-hydrogen) atoms. The topological polar surface area (TPSA) is 95.4 Å². The number of carboxylic acid groups (broad SMARTS) is 1. The first kappa shape index (κ1) is 11.9. The standard InChI is InChI=1S/C9H12N4O3/c1-13(5-8(14)15)9(16)11-4-7-2-3-10-6-12-7/h2-3,6H,4-5H2,1H3,(H,11,16)(H,14,15). The predicted octanol–water partition coefficient (Wildman–Crippen LogP) is -0.297. The number of amides is 2. The molecule has 0 aliphatic heterocycles. The van der Waals surface area contributed by atoms with Gasteiger partial charge in [-0.2, -0.15) is 0 Å². The molecule has 0 aliphatic rings. The smallest absolute Gasteiger partial charge is 0.323 e. The van der Waals surface area contributed by atoms with Gasteiger partial charge in [-0.15, -0.1) is 0 Å². The number of rotatable bonds is 4. The number of nitrogens with zero attached hydrogens (tertiary/aromatic N) is 3. The number of likely N-dealkylation sites (N-methyl/N-ethyl adjacent to an activating group) is 1. The molecule has 1 heterocycles. The zero-order valence-corrected chi connectivity index (χ0v) is 8.75. The number of hydrogen-bond donors (Lipinski definition) is 2. The quantitative estimate of drug-likeness (QED) is 0.732. The second kappa shape index (κ2) is 5.64. The number of hydrogen-bond acceptors (Lipinski definition) is 4. The Morgan fingerprint density at radius 2 is 2.31 bits per heavy atom. The van der Waals surface area contributed by atoms with Crippen LogP contribution in [0.4, 0.5) is 4.79 Å². The van der Waals surface area contributed by atoms with Gasteiger partial charge in [0.15, 0.2) is 0 Å². The minimum Gasteiger partial charge on any atom is -0.480 e. The summed E-state index contributed by atoms with van der Waals surface area (Å²) in [6.07, 6.45) is 2.94. The van der Waals surface area contributed by atoms with Crippen LogP contribution >= 0.6 is 0 Å². The summed E-state index contributed by atoms with van der Waals surface area (Å²) < 4.78 is 0.